The molecule has 0 aromatic carbocycles. The van der Waals surface area contributed by atoms with E-state index in [4.69, 9.17) is 11.6 Å². The molecule has 1 aliphatic carbocycles. The van der Waals surface area contributed by atoms with Gasteiger partial charge in [-0.05, 0) is 50.5 Å². The van der Waals surface area contributed by atoms with Gasteiger partial charge in [-0.2, -0.15) is 5.10 Å². The molecule has 156 valence electrons. The Morgan fingerprint density at radius 2 is 2.00 bits per heavy atom. The second kappa shape index (κ2) is 10.3. The van der Waals surface area contributed by atoms with E-state index in [1.54, 1.807) is 0 Å². The van der Waals surface area contributed by atoms with Crippen molar-refractivity contribution in [2.75, 3.05) is 19.0 Å². The zero-order valence-corrected chi connectivity index (χ0v) is 17.7. The molecule has 1 saturated carbocycles. The number of carbonyl (C=O) groups excluding carboxylic acids is 2. The zero-order valence-electron chi connectivity index (χ0n) is 16.9. The van der Waals surface area contributed by atoms with Crippen molar-refractivity contribution in [3.8, 4) is 0 Å². The van der Waals surface area contributed by atoms with Gasteiger partial charge in [-0.1, -0.05) is 26.2 Å². The second-order valence-corrected chi connectivity index (χ2v) is 8.55. The molecule has 1 aromatic heterocycles. The van der Waals surface area contributed by atoms with Gasteiger partial charge in [0.2, 0.25) is 5.91 Å². The van der Waals surface area contributed by atoms with E-state index in [-0.39, 0.29) is 23.7 Å². The van der Waals surface area contributed by atoms with Crippen LogP contribution in [-0.2, 0) is 4.79 Å². The molecule has 2 atom stereocenters. The first kappa shape index (κ1) is 21.2. The Morgan fingerprint density at radius 1 is 1.21 bits per heavy atom. The molecule has 2 aliphatic rings. The van der Waals surface area contributed by atoms with E-state index in [9.17, 15) is 9.59 Å². The van der Waals surface area contributed by atoms with Crippen LogP contribution in [0.15, 0.2) is 12.3 Å². The molecule has 1 saturated heterocycles. The van der Waals surface area contributed by atoms with Crippen LogP contribution in [0.25, 0.3) is 0 Å². The van der Waals surface area contributed by atoms with Gasteiger partial charge in [-0.3, -0.25) is 14.3 Å². The fourth-order valence-electron chi connectivity index (χ4n) is 4.68. The monoisotopic (exact) mass is 408 g/mol. The van der Waals surface area contributed by atoms with E-state index in [2.05, 4.69) is 17.3 Å². The molecule has 6 nitrogen and oxygen atoms in total. The number of amides is 2. The highest BCUT2D eigenvalue weighted by Crippen LogP contribution is 2.29. The summed E-state index contributed by atoms with van der Waals surface area (Å²) >= 11 is 5.52. The van der Waals surface area contributed by atoms with Crippen molar-refractivity contribution in [1.29, 1.82) is 0 Å². The molecular weight excluding hydrogens is 376 g/mol. The Labute approximate surface area is 173 Å². The lowest BCUT2D eigenvalue weighted by Crippen LogP contribution is -2.48. The molecule has 2 heterocycles. The summed E-state index contributed by atoms with van der Waals surface area (Å²) < 4.78 is 2.01. The number of hydrogen-bond donors (Lipinski definition) is 1. The lowest BCUT2D eigenvalue weighted by molar-refractivity contribution is -0.118. The average Bonchev–Trinajstić information content (AvgIpc) is 3.22. The fraction of sp³-hybridized carbons (Fsp3) is 0.762. The number of halogens is 1. The average molecular weight is 409 g/mol. The standard InChI is InChI=1S/C21H33ClN4O2/c1-16-7-6-13-25(19(16)10-5-12-23-20(27)15-22)21(28)18-11-14-26(24-18)17-8-3-2-4-9-17/h11,14,16-17,19H,2-10,12-13,15H2,1H3,(H,23,27)/t16-,19-/m1/s1. The minimum atomic E-state index is -0.139. The Hall–Kier alpha value is -1.56. The van der Waals surface area contributed by atoms with Crippen molar-refractivity contribution < 1.29 is 9.59 Å². The first-order valence-corrected chi connectivity index (χ1v) is 11.3. The van der Waals surface area contributed by atoms with Crippen LogP contribution in [0.3, 0.4) is 0 Å². The summed E-state index contributed by atoms with van der Waals surface area (Å²) in [5.74, 6) is 0.367. The van der Waals surface area contributed by atoms with Crippen molar-refractivity contribution in [1.82, 2.24) is 20.0 Å². The smallest absolute Gasteiger partial charge is 0.274 e. The second-order valence-electron chi connectivity index (χ2n) is 8.28. The largest absolute Gasteiger partial charge is 0.355 e. The molecular formula is C21H33ClN4O2. The molecule has 7 heteroatoms. The zero-order chi connectivity index (χ0) is 19.9. The highest BCUT2D eigenvalue weighted by Gasteiger charge is 2.33. The molecule has 1 N–H and O–H groups in total. The molecule has 3 rings (SSSR count). The summed E-state index contributed by atoms with van der Waals surface area (Å²) in [7, 11) is 0. The summed E-state index contributed by atoms with van der Waals surface area (Å²) in [6.45, 7) is 3.62. The number of aromatic nitrogens is 2. The third-order valence-corrected chi connectivity index (χ3v) is 6.52. The van der Waals surface area contributed by atoms with Crippen molar-refractivity contribution in [2.24, 2.45) is 5.92 Å². The number of hydrogen-bond acceptors (Lipinski definition) is 3. The Kier molecular flexibility index (Phi) is 7.77. The van der Waals surface area contributed by atoms with E-state index >= 15 is 0 Å². The number of carbonyl (C=O) groups is 2. The Morgan fingerprint density at radius 3 is 2.75 bits per heavy atom. The van der Waals surface area contributed by atoms with Crippen LogP contribution >= 0.6 is 11.6 Å². The fourth-order valence-corrected chi connectivity index (χ4v) is 4.77. The van der Waals surface area contributed by atoms with Crippen molar-refractivity contribution >= 4 is 23.4 Å². The number of likely N-dealkylation sites (tertiary alicyclic amines) is 1. The summed E-state index contributed by atoms with van der Waals surface area (Å²) in [4.78, 5) is 26.5. The van der Waals surface area contributed by atoms with Gasteiger partial charge in [0.05, 0.1) is 6.04 Å². The lowest BCUT2D eigenvalue weighted by Gasteiger charge is -2.40. The SMILES string of the molecule is C[C@@H]1CCCN(C(=O)c2ccn(C3CCCCC3)n2)[C@@H]1CCCNC(=O)CCl. The van der Waals surface area contributed by atoms with Crippen LogP contribution in [0.1, 0.15) is 81.2 Å². The van der Waals surface area contributed by atoms with E-state index in [1.165, 1.54) is 19.3 Å². The quantitative estimate of drug-likeness (QED) is 0.551. The minimum Gasteiger partial charge on any atom is -0.355 e. The normalized spacial score (nSPS) is 23.6. The Bertz CT molecular complexity index is 657. The third kappa shape index (κ3) is 5.28. The highest BCUT2D eigenvalue weighted by molar-refractivity contribution is 6.27. The van der Waals surface area contributed by atoms with Crippen LogP contribution in [0.5, 0.6) is 0 Å². The third-order valence-electron chi connectivity index (χ3n) is 6.27. The molecule has 2 amide bonds. The van der Waals surface area contributed by atoms with Gasteiger partial charge in [0.1, 0.15) is 11.6 Å². The van der Waals surface area contributed by atoms with Gasteiger partial charge in [-0.15, -0.1) is 11.6 Å². The van der Waals surface area contributed by atoms with Gasteiger partial charge in [0.15, 0.2) is 0 Å². The molecule has 2 fully saturated rings. The molecule has 1 aromatic rings. The van der Waals surface area contributed by atoms with Gasteiger partial charge < -0.3 is 10.2 Å². The number of rotatable bonds is 7. The van der Waals surface area contributed by atoms with Crippen molar-refractivity contribution in [2.45, 2.75) is 76.8 Å². The topological polar surface area (TPSA) is 67.2 Å². The number of nitrogens with one attached hydrogen (secondary N) is 1. The minimum absolute atomic E-state index is 0.00586. The molecule has 1 aliphatic heterocycles. The Balaban J connectivity index is 1.61. The highest BCUT2D eigenvalue weighted by atomic mass is 35.5. The molecule has 28 heavy (non-hydrogen) atoms. The van der Waals surface area contributed by atoms with E-state index < -0.39 is 0 Å². The molecule has 0 spiro atoms. The van der Waals surface area contributed by atoms with E-state index in [1.807, 2.05) is 21.8 Å². The maximum Gasteiger partial charge on any atom is 0.274 e. The summed E-state index contributed by atoms with van der Waals surface area (Å²) in [5, 5.41) is 7.47. The van der Waals surface area contributed by atoms with Crippen LogP contribution in [0.2, 0.25) is 0 Å². The summed E-state index contributed by atoms with van der Waals surface area (Å²) in [5.41, 5.74) is 0.570. The summed E-state index contributed by atoms with van der Waals surface area (Å²) in [6, 6.07) is 2.53. The number of piperidine rings is 1. The van der Waals surface area contributed by atoms with Gasteiger partial charge in [-0.25, -0.2) is 0 Å². The number of alkyl halides is 1. The molecule has 0 unspecified atom stereocenters. The predicted molar refractivity (Wildman–Crippen MR) is 111 cm³/mol. The van der Waals surface area contributed by atoms with Crippen LogP contribution in [0, 0.1) is 5.92 Å². The maximum atomic E-state index is 13.2. The van der Waals surface area contributed by atoms with E-state index in [0.29, 0.717) is 24.2 Å². The number of nitrogens with zero attached hydrogens (tertiary/aromatic N) is 3. The molecule has 0 bridgehead atoms. The van der Waals surface area contributed by atoms with Crippen LogP contribution in [-0.4, -0.2) is 51.5 Å². The van der Waals surface area contributed by atoms with Crippen LogP contribution in [0.4, 0.5) is 0 Å². The van der Waals surface area contributed by atoms with Gasteiger partial charge in [0.25, 0.3) is 5.91 Å². The van der Waals surface area contributed by atoms with Crippen molar-refractivity contribution in [3.05, 3.63) is 18.0 Å². The maximum absolute atomic E-state index is 13.2. The van der Waals surface area contributed by atoms with Gasteiger partial charge in [0, 0.05) is 25.3 Å². The first-order valence-electron chi connectivity index (χ1n) is 10.8. The lowest BCUT2D eigenvalue weighted by atomic mass is 9.87. The van der Waals surface area contributed by atoms with Crippen LogP contribution < -0.4 is 5.32 Å². The first-order chi connectivity index (χ1) is 13.6. The van der Waals surface area contributed by atoms with Crippen molar-refractivity contribution in [3.63, 3.8) is 0 Å². The predicted octanol–water partition coefficient (Wildman–Crippen LogP) is 3.76. The van der Waals surface area contributed by atoms with Gasteiger partial charge >= 0.3 is 0 Å². The summed E-state index contributed by atoms with van der Waals surface area (Å²) in [6.07, 6.45) is 12.0. The molecule has 0 radical (unpaired) electrons. The van der Waals surface area contributed by atoms with E-state index in [0.717, 1.165) is 45.1 Å².